The summed E-state index contributed by atoms with van der Waals surface area (Å²) >= 11 is 0. The molecule has 4 nitrogen and oxygen atoms in total. The summed E-state index contributed by atoms with van der Waals surface area (Å²) in [7, 11) is 0. The largest absolute Gasteiger partial charge is 0.346 e. The van der Waals surface area contributed by atoms with E-state index in [1.807, 2.05) is 43.3 Å². The molecule has 4 aromatic carbocycles. The molecule has 200 valence electrons. The molecule has 0 aliphatic heterocycles. The van der Waals surface area contributed by atoms with E-state index in [1.165, 1.54) is 22.4 Å². The first kappa shape index (κ1) is 27.0. The number of carbonyl (C=O) groups is 1. The first-order valence-electron chi connectivity index (χ1n) is 13.9. The van der Waals surface area contributed by atoms with Crippen LogP contribution in [0.15, 0.2) is 91.0 Å². The van der Waals surface area contributed by atoms with E-state index in [4.69, 9.17) is 0 Å². The van der Waals surface area contributed by atoms with E-state index in [1.54, 1.807) is 0 Å². The minimum Gasteiger partial charge on any atom is -0.346 e. The number of hydrogen-bond donors (Lipinski definition) is 1. The Morgan fingerprint density at radius 3 is 2.23 bits per heavy atom. The van der Waals surface area contributed by atoms with Crippen molar-refractivity contribution in [1.29, 1.82) is 5.26 Å². The van der Waals surface area contributed by atoms with Crippen molar-refractivity contribution in [2.45, 2.75) is 53.1 Å². The number of hydrogen-bond acceptors (Lipinski definition) is 2. The molecule has 0 saturated carbocycles. The van der Waals surface area contributed by atoms with Crippen LogP contribution in [0.3, 0.4) is 0 Å². The van der Waals surface area contributed by atoms with Crippen molar-refractivity contribution in [2.75, 3.05) is 0 Å². The summed E-state index contributed by atoms with van der Waals surface area (Å²) in [5.74, 6) is 0.413. The highest BCUT2D eigenvalue weighted by atomic mass is 16.1. The number of aromatic nitrogens is 1. The van der Waals surface area contributed by atoms with E-state index < -0.39 is 0 Å². The third kappa shape index (κ3) is 5.28. The lowest BCUT2D eigenvalue weighted by molar-refractivity contribution is 0.0940. The predicted octanol–water partition coefficient (Wildman–Crippen LogP) is 8.46. The Morgan fingerprint density at radius 2 is 1.55 bits per heavy atom. The molecule has 1 heterocycles. The summed E-state index contributed by atoms with van der Waals surface area (Å²) in [4.78, 5) is 13.2. The summed E-state index contributed by atoms with van der Waals surface area (Å²) in [6.45, 7) is 11.4. The van der Waals surface area contributed by atoms with Crippen LogP contribution >= 0.6 is 0 Å². The van der Waals surface area contributed by atoms with Crippen molar-refractivity contribution in [3.8, 4) is 17.2 Å². The van der Waals surface area contributed by atoms with Gasteiger partial charge in [0.25, 0.3) is 5.91 Å². The van der Waals surface area contributed by atoms with Crippen LogP contribution in [0.5, 0.6) is 0 Å². The van der Waals surface area contributed by atoms with E-state index in [9.17, 15) is 10.1 Å². The van der Waals surface area contributed by atoms with Gasteiger partial charge in [0, 0.05) is 28.7 Å². The van der Waals surface area contributed by atoms with E-state index in [0.717, 1.165) is 34.1 Å². The maximum atomic E-state index is 13.2. The van der Waals surface area contributed by atoms with Gasteiger partial charge in [-0.1, -0.05) is 80.6 Å². The Morgan fingerprint density at radius 1 is 0.875 bits per heavy atom. The molecule has 0 spiro atoms. The van der Waals surface area contributed by atoms with Crippen LogP contribution in [-0.2, 0) is 6.54 Å². The first-order valence-corrected chi connectivity index (χ1v) is 13.9. The van der Waals surface area contributed by atoms with Gasteiger partial charge in [0.1, 0.15) is 0 Å². The number of carbonyl (C=O) groups excluding carboxylic acids is 1. The zero-order valence-electron chi connectivity index (χ0n) is 23.8. The van der Waals surface area contributed by atoms with E-state index in [-0.39, 0.29) is 11.9 Å². The van der Waals surface area contributed by atoms with Crippen molar-refractivity contribution >= 4 is 16.8 Å². The van der Waals surface area contributed by atoms with Crippen LogP contribution < -0.4 is 5.32 Å². The fraction of sp³-hybridized carbons (Fsp3) is 0.222. The SMILES string of the molecule is Cc1c(C)n(Cc2ccc(-c3ccccc3C#N)cc2)c2ccc(C(=O)NC(C)c3ccc(C(C)C)cc3)cc12. The van der Waals surface area contributed by atoms with Crippen molar-refractivity contribution in [3.05, 3.63) is 130 Å². The third-order valence-electron chi connectivity index (χ3n) is 8.01. The molecule has 1 unspecified atom stereocenters. The molecule has 0 saturated heterocycles. The minimum absolute atomic E-state index is 0.0691. The summed E-state index contributed by atoms with van der Waals surface area (Å²) in [5, 5.41) is 13.7. The predicted molar refractivity (Wildman–Crippen MR) is 164 cm³/mol. The molecule has 1 atom stereocenters. The summed E-state index contributed by atoms with van der Waals surface area (Å²) in [6.07, 6.45) is 0. The molecule has 0 fully saturated rings. The topological polar surface area (TPSA) is 57.8 Å². The maximum absolute atomic E-state index is 13.2. The van der Waals surface area contributed by atoms with E-state index in [2.05, 4.69) is 98.2 Å². The van der Waals surface area contributed by atoms with Gasteiger partial charge in [-0.3, -0.25) is 4.79 Å². The number of aryl methyl sites for hydroxylation is 1. The van der Waals surface area contributed by atoms with Crippen LogP contribution in [0.2, 0.25) is 0 Å². The van der Waals surface area contributed by atoms with E-state index >= 15 is 0 Å². The Kier molecular flexibility index (Phi) is 7.58. The summed E-state index contributed by atoms with van der Waals surface area (Å²) < 4.78 is 2.31. The number of nitriles is 1. The Balaban J connectivity index is 1.35. The number of rotatable bonds is 7. The molecular weight excluding hydrogens is 490 g/mol. The first-order chi connectivity index (χ1) is 19.3. The van der Waals surface area contributed by atoms with Gasteiger partial charge in [0.2, 0.25) is 0 Å². The number of benzene rings is 4. The molecule has 5 rings (SSSR count). The van der Waals surface area contributed by atoms with Crippen LogP contribution in [0.25, 0.3) is 22.0 Å². The number of nitrogens with zero attached hydrogens (tertiary/aromatic N) is 2. The Hall–Kier alpha value is -4.62. The van der Waals surface area contributed by atoms with E-state index in [0.29, 0.717) is 17.0 Å². The third-order valence-corrected chi connectivity index (χ3v) is 8.01. The van der Waals surface area contributed by atoms with Crippen molar-refractivity contribution < 1.29 is 4.79 Å². The highest BCUT2D eigenvalue weighted by Crippen LogP contribution is 2.29. The molecule has 0 aliphatic carbocycles. The highest BCUT2D eigenvalue weighted by molar-refractivity contribution is 5.99. The molecule has 40 heavy (non-hydrogen) atoms. The normalized spacial score (nSPS) is 11.9. The fourth-order valence-electron chi connectivity index (χ4n) is 5.33. The average Bonchev–Trinajstić information content (AvgIpc) is 3.21. The average molecular weight is 526 g/mol. The minimum atomic E-state index is -0.0834. The molecule has 1 aromatic heterocycles. The highest BCUT2D eigenvalue weighted by Gasteiger charge is 2.16. The summed E-state index contributed by atoms with van der Waals surface area (Å²) in [5.41, 5.74) is 10.4. The molecule has 4 heteroatoms. The quantitative estimate of drug-likeness (QED) is 0.232. The molecule has 5 aromatic rings. The number of amides is 1. The second-order valence-corrected chi connectivity index (χ2v) is 10.9. The van der Waals surface area contributed by atoms with Crippen LogP contribution in [0, 0.1) is 25.2 Å². The van der Waals surface area contributed by atoms with Gasteiger partial charge in [0.15, 0.2) is 0 Å². The van der Waals surface area contributed by atoms with Gasteiger partial charge >= 0.3 is 0 Å². The maximum Gasteiger partial charge on any atom is 0.251 e. The Labute approximate surface area is 236 Å². The lowest BCUT2D eigenvalue weighted by Gasteiger charge is -2.16. The summed E-state index contributed by atoms with van der Waals surface area (Å²) in [6, 6.07) is 32.8. The van der Waals surface area contributed by atoms with Gasteiger partial charge in [-0.15, -0.1) is 0 Å². The van der Waals surface area contributed by atoms with Gasteiger partial charge in [-0.25, -0.2) is 0 Å². The molecule has 0 aliphatic rings. The van der Waals surface area contributed by atoms with Crippen molar-refractivity contribution in [2.24, 2.45) is 0 Å². The van der Waals surface area contributed by atoms with Gasteiger partial charge in [-0.05, 0) is 84.3 Å². The molecular formula is C36H35N3O. The zero-order valence-corrected chi connectivity index (χ0v) is 23.8. The standard InChI is InChI=1S/C36H35N3O/c1-23(2)28-14-16-29(17-15-28)25(4)38-36(40)31-18-19-35-34(20-31)24(3)26(5)39(35)22-27-10-12-30(13-11-27)33-9-7-6-8-32(33)21-37/h6-20,23,25H,22H2,1-5H3,(H,38,40). The lowest BCUT2D eigenvalue weighted by Crippen LogP contribution is -2.26. The number of nitrogens with one attached hydrogen (secondary N) is 1. The molecule has 1 N–H and O–H groups in total. The number of fused-ring (bicyclic) bond motifs is 1. The van der Waals surface area contributed by atoms with Crippen LogP contribution in [0.4, 0.5) is 0 Å². The van der Waals surface area contributed by atoms with Gasteiger partial charge in [-0.2, -0.15) is 5.26 Å². The Bertz CT molecular complexity index is 1720. The van der Waals surface area contributed by atoms with Crippen LogP contribution in [0.1, 0.15) is 76.6 Å². The zero-order chi connectivity index (χ0) is 28.4. The lowest BCUT2D eigenvalue weighted by atomic mass is 9.99. The van der Waals surface area contributed by atoms with Crippen LogP contribution in [-0.4, -0.2) is 10.5 Å². The van der Waals surface area contributed by atoms with Crippen molar-refractivity contribution in [1.82, 2.24) is 9.88 Å². The smallest absolute Gasteiger partial charge is 0.251 e. The van der Waals surface area contributed by atoms with Crippen molar-refractivity contribution in [3.63, 3.8) is 0 Å². The monoisotopic (exact) mass is 525 g/mol. The fourth-order valence-corrected chi connectivity index (χ4v) is 5.33. The molecule has 0 bridgehead atoms. The second-order valence-electron chi connectivity index (χ2n) is 10.9. The second kappa shape index (κ2) is 11.2. The van der Waals surface area contributed by atoms with Gasteiger partial charge in [0.05, 0.1) is 17.7 Å². The van der Waals surface area contributed by atoms with Gasteiger partial charge < -0.3 is 9.88 Å². The molecule has 1 amide bonds. The molecule has 0 radical (unpaired) electrons.